The molecule has 0 aromatic rings. The number of nitrogens with two attached hydrogens (primary N) is 1. The van der Waals surface area contributed by atoms with Gasteiger partial charge in [0.05, 0.1) is 5.92 Å². The van der Waals surface area contributed by atoms with Gasteiger partial charge in [0.25, 0.3) is 0 Å². The molecule has 0 aromatic carbocycles. The van der Waals surface area contributed by atoms with Gasteiger partial charge in [-0.05, 0) is 13.8 Å². The number of rotatable bonds is 3. The van der Waals surface area contributed by atoms with E-state index in [1.54, 1.807) is 0 Å². The number of nitrogens with one attached hydrogen (secondary N) is 1. The van der Waals surface area contributed by atoms with Crippen molar-refractivity contribution in [2.24, 2.45) is 17.6 Å². The van der Waals surface area contributed by atoms with Gasteiger partial charge in [0.1, 0.15) is 0 Å². The first kappa shape index (κ1) is 18.8. The average molecular weight is 254 g/mol. The van der Waals surface area contributed by atoms with Crippen LogP contribution in [0.15, 0.2) is 36.1 Å². The molecule has 1 amide bonds. The molecule has 0 bridgehead atoms. The van der Waals surface area contributed by atoms with Gasteiger partial charge in [-0.1, -0.05) is 44.2 Å². The highest BCUT2D eigenvalue weighted by Crippen LogP contribution is 2.28. The Hall–Kier alpha value is -1.55. The number of carbonyl (C=O) groups is 1. The van der Waals surface area contributed by atoms with Crippen LogP contribution in [0.5, 0.6) is 0 Å². The molecule has 1 rings (SSSR count). The molecule has 2 atom stereocenters. The van der Waals surface area contributed by atoms with Crippen LogP contribution in [0, 0.1) is 11.8 Å². The summed E-state index contributed by atoms with van der Waals surface area (Å²) in [4.78, 5) is 11.5. The van der Waals surface area contributed by atoms with Crippen molar-refractivity contribution in [1.29, 1.82) is 0 Å². The summed E-state index contributed by atoms with van der Waals surface area (Å²) in [5.74, 6) is -0.200. The van der Waals surface area contributed by atoms with Crippen molar-refractivity contribution in [3.63, 3.8) is 0 Å². The van der Waals surface area contributed by atoms with E-state index in [2.05, 4.69) is 18.5 Å². The van der Waals surface area contributed by atoms with E-state index in [0.29, 0.717) is 12.2 Å². The quantitative estimate of drug-likeness (QED) is 0.748. The summed E-state index contributed by atoms with van der Waals surface area (Å²) in [6.45, 7) is 16.0. The zero-order valence-corrected chi connectivity index (χ0v) is 11.8. The zero-order valence-electron chi connectivity index (χ0n) is 11.8. The topological polar surface area (TPSA) is 86.6 Å². The van der Waals surface area contributed by atoms with Crippen LogP contribution in [0.2, 0.25) is 0 Å². The van der Waals surface area contributed by atoms with Gasteiger partial charge in [0.15, 0.2) is 0 Å². The second-order valence-corrected chi connectivity index (χ2v) is 4.14. The highest BCUT2D eigenvalue weighted by Gasteiger charge is 2.36. The summed E-state index contributed by atoms with van der Waals surface area (Å²) in [5.41, 5.74) is 8.18. The predicted molar refractivity (Wildman–Crippen MR) is 76.8 cm³/mol. The normalized spacial score (nSPS) is 22.2. The Bertz CT molecular complexity index is 346. The summed E-state index contributed by atoms with van der Waals surface area (Å²) >= 11 is 0. The SMILES string of the molecule is C=C(C)/C=C(\C)[C@H]1CNC(=O)[C@@H]1C(=C)N.CC.O. The number of allylic oxidation sites excluding steroid dienone is 2. The maximum Gasteiger partial charge on any atom is 0.229 e. The lowest BCUT2D eigenvalue weighted by Crippen LogP contribution is -2.25. The van der Waals surface area contributed by atoms with Crippen molar-refractivity contribution in [2.45, 2.75) is 27.7 Å². The maximum absolute atomic E-state index is 11.5. The fourth-order valence-corrected chi connectivity index (χ4v) is 1.97. The van der Waals surface area contributed by atoms with Crippen molar-refractivity contribution < 1.29 is 10.3 Å². The van der Waals surface area contributed by atoms with Gasteiger partial charge in [-0.15, -0.1) is 0 Å². The number of hydrogen-bond donors (Lipinski definition) is 2. The molecular weight excluding hydrogens is 228 g/mol. The summed E-state index contributed by atoms with van der Waals surface area (Å²) in [5, 5.41) is 2.80. The molecule has 4 heteroatoms. The standard InChI is InChI=1S/C12H18N2O.C2H6.H2O/c1-7(2)5-8(3)10-6-14-12(15)11(10)9(4)13;1-2;/h5,10-11H,1,4,6,13H2,2-3H3,(H,14,15);1-2H3;1H2/b8-5+;;/t10-,11-;;/m1../s1. The van der Waals surface area contributed by atoms with E-state index in [4.69, 9.17) is 5.73 Å². The Kier molecular flexibility index (Phi) is 8.91. The van der Waals surface area contributed by atoms with E-state index < -0.39 is 0 Å². The first-order valence-electron chi connectivity index (χ1n) is 5.99. The lowest BCUT2D eigenvalue weighted by Gasteiger charge is -2.17. The largest absolute Gasteiger partial charge is 0.412 e. The number of carbonyl (C=O) groups excluding carboxylic acids is 1. The molecule has 1 aliphatic rings. The molecule has 1 heterocycles. The number of amides is 1. The number of hydrogen-bond acceptors (Lipinski definition) is 2. The summed E-state index contributed by atoms with van der Waals surface area (Å²) in [6.07, 6.45) is 1.99. The first-order chi connectivity index (χ1) is 7.93. The molecular formula is C14H26N2O2. The zero-order chi connectivity index (χ0) is 13.6. The molecule has 0 aromatic heterocycles. The van der Waals surface area contributed by atoms with E-state index in [1.807, 2.05) is 33.8 Å². The smallest absolute Gasteiger partial charge is 0.229 e. The lowest BCUT2D eigenvalue weighted by atomic mass is 9.86. The van der Waals surface area contributed by atoms with Crippen LogP contribution >= 0.6 is 0 Å². The Morgan fingerprint density at radius 2 is 1.89 bits per heavy atom. The summed E-state index contributed by atoms with van der Waals surface area (Å²) in [7, 11) is 0. The van der Waals surface area contributed by atoms with Gasteiger partial charge < -0.3 is 16.5 Å². The molecule has 5 N–H and O–H groups in total. The van der Waals surface area contributed by atoms with Crippen molar-refractivity contribution in [3.05, 3.63) is 36.1 Å². The van der Waals surface area contributed by atoms with Gasteiger partial charge in [0, 0.05) is 18.2 Å². The minimum absolute atomic E-state index is 0. The fraction of sp³-hybridized carbons (Fsp3) is 0.500. The third kappa shape index (κ3) is 4.75. The van der Waals surface area contributed by atoms with Crippen LogP contribution in [0.25, 0.3) is 0 Å². The van der Waals surface area contributed by atoms with E-state index in [-0.39, 0.29) is 23.2 Å². The fourth-order valence-electron chi connectivity index (χ4n) is 1.97. The van der Waals surface area contributed by atoms with E-state index >= 15 is 0 Å². The van der Waals surface area contributed by atoms with Gasteiger partial charge in [-0.2, -0.15) is 0 Å². The van der Waals surface area contributed by atoms with Crippen molar-refractivity contribution in [3.8, 4) is 0 Å². The van der Waals surface area contributed by atoms with Gasteiger partial charge in [-0.3, -0.25) is 4.79 Å². The molecule has 1 saturated heterocycles. The summed E-state index contributed by atoms with van der Waals surface area (Å²) in [6, 6.07) is 0. The lowest BCUT2D eigenvalue weighted by molar-refractivity contribution is -0.121. The van der Waals surface area contributed by atoms with E-state index in [9.17, 15) is 4.79 Å². The van der Waals surface area contributed by atoms with Crippen LogP contribution < -0.4 is 11.1 Å². The molecule has 0 spiro atoms. The van der Waals surface area contributed by atoms with Gasteiger partial charge in [0.2, 0.25) is 5.91 Å². The molecule has 0 unspecified atom stereocenters. The van der Waals surface area contributed by atoms with E-state index in [1.165, 1.54) is 0 Å². The third-order valence-electron chi connectivity index (χ3n) is 2.64. The molecule has 0 saturated carbocycles. The Morgan fingerprint density at radius 3 is 2.28 bits per heavy atom. The van der Waals surface area contributed by atoms with Crippen LogP contribution in [0.3, 0.4) is 0 Å². The predicted octanol–water partition coefficient (Wildman–Crippen LogP) is 1.54. The Morgan fingerprint density at radius 1 is 1.39 bits per heavy atom. The van der Waals surface area contributed by atoms with Crippen LogP contribution in [0.4, 0.5) is 0 Å². The highest BCUT2D eigenvalue weighted by molar-refractivity contribution is 5.84. The molecule has 18 heavy (non-hydrogen) atoms. The average Bonchev–Trinajstić information content (AvgIpc) is 2.62. The van der Waals surface area contributed by atoms with Crippen LogP contribution in [0.1, 0.15) is 27.7 Å². The molecule has 0 aliphatic carbocycles. The van der Waals surface area contributed by atoms with Crippen molar-refractivity contribution in [2.75, 3.05) is 6.54 Å². The highest BCUT2D eigenvalue weighted by atomic mass is 16.2. The minimum Gasteiger partial charge on any atom is -0.412 e. The van der Waals surface area contributed by atoms with E-state index in [0.717, 1.165) is 11.1 Å². The minimum atomic E-state index is -0.291. The van der Waals surface area contributed by atoms with Crippen molar-refractivity contribution >= 4 is 5.91 Å². The molecule has 1 aliphatic heterocycles. The van der Waals surface area contributed by atoms with Gasteiger partial charge in [-0.25, -0.2) is 0 Å². The van der Waals surface area contributed by atoms with Crippen molar-refractivity contribution in [1.82, 2.24) is 5.32 Å². The monoisotopic (exact) mass is 254 g/mol. The Labute approximate surface area is 110 Å². The summed E-state index contributed by atoms with van der Waals surface area (Å²) < 4.78 is 0. The molecule has 0 radical (unpaired) electrons. The second-order valence-electron chi connectivity index (χ2n) is 4.14. The van der Waals surface area contributed by atoms with Crippen LogP contribution in [-0.4, -0.2) is 17.9 Å². The molecule has 1 fully saturated rings. The molecule has 104 valence electrons. The van der Waals surface area contributed by atoms with Crippen LogP contribution in [-0.2, 0) is 4.79 Å². The second kappa shape index (κ2) is 8.53. The molecule has 4 nitrogen and oxygen atoms in total. The first-order valence-corrected chi connectivity index (χ1v) is 5.99. The van der Waals surface area contributed by atoms with Gasteiger partial charge >= 0.3 is 0 Å². The third-order valence-corrected chi connectivity index (χ3v) is 2.64. The Balaban J connectivity index is 0. The maximum atomic E-state index is 11.5.